The van der Waals surface area contributed by atoms with E-state index >= 15 is 0 Å². The van der Waals surface area contributed by atoms with Gasteiger partial charge in [0.05, 0.1) is 17.4 Å². The minimum atomic E-state index is -0.657. The third kappa shape index (κ3) is 5.45. The Balaban J connectivity index is 1.09. The lowest BCUT2D eigenvalue weighted by atomic mass is 9.77. The van der Waals surface area contributed by atoms with Gasteiger partial charge in [-0.3, -0.25) is 24.0 Å². The van der Waals surface area contributed by atoms with Crippen LogP contribution in [0.15, 0.2) is 41.4 Å². The Morgan fingerprint density at radius 1 is 1.04 bits per heavy atom. The molecule has 0 radical (unpaired) electrons. The predicted molar refractivity (Wildman–Crippen MR) is 187 cm³/mol. The second-order valence-corrected chi connectivity index (χ2v) is 15.6. The van der Waals surface area contributed by atoms with Crippen molar-refractivity contribution in [1.29, 1.82) is 0 Å². The maximum absolute atomic E-state index is 14.5. The molecule has 4 atom stereocenters. The van der Waals surface area contributed by atoms with E-state index in [0.717, 1.165) is 25.2 Å². The number of ketones is 1. The fraction of sp³-hybridized carbons (Fsp3) is 0.500. The fourth-order valence-electron chi connectivity index (χ4n) is 9.05. The second-order valence-electron chi connectivity index (χ2n) is 14.8. The normalized spacial score (nSPS) is 25.4. The molecule has 4 aromatic rings. The Morgan fingerprint density at radius 3 is 2.49 bits per heavy atom. The number of anilines is 1. The third-order valence-electron chi connectivity index (χ3n) is 11.6. The van der Waals surface area contributed by atoms with Crippen LogP contribution in [0.5, 0.6) is 0 Å². The van der Waals surface area contributed by atoms with Crippen LogP contribution in [-0.4, -0.2) is 88.8 Å². The minimum Gasteiger partial charge on any atom is -0.325 e. The van der Waals surface area contributed by atoms with Gasteiger partial charge in [-0.1, -0.05) is 25.8 Å². The molecule has 2 amide bonds. The van der Waals surface area contributed by atoms with Gasteiger partial charge < -0.3 is 15.1 Å². The summed E-state index contributed by atoms with van der Waals surface area (Å²) in [7, 11) is 0. The van der Waals surface area contributed by atoms with Crippen LogP contribution in [0.3, 0.4) is 0 Å². The lowest BCUT2D eigenvalue weighted by Gasteiger charge is -2.49. The van der Waals surface area contributed by atoms with Gasteiger partial charge in [-0.05, 0) is 78.1 Å². The monoisotopic (exact) mass is 725 g/mol. The maximum Gasteiger partial charge on any atom is 0.248 e. The van der Waals surface area contributed by atoms with E-state index in [-0.39, 0.29) is 47.2 Å². The predicted octanol–water partition coefficient (Wildman–Crippen LogP) is 4.99. The summed E-state index contributed by atoms with van der Waals surface area (Å²) in [6.07, 6.45) is 10.9. The van der Waals surface area contributed by atoms with E-state index in [9.17, 15) is 14.4 Å². The van der Waals surface area contributed by atoms with E-state index in [1.54, 1.807) is 29.3 Å². The number of aryl methyl sites for hydroxylation is 2. The van der Waals surface area contributed by atoms with E-state index in [0.29, 0.717) is 50.2 Å². The molecule has 4 fully saturated rings. The Morgan fingerprint density at radius 2 is 1.78 bits per heavy atom. The number of rotatable bonds is 8. The van der Waals surface area contributed by atoms with E-state index in [1.807, 2.05) is 30.9 Å². The SMILES string of the molecule is CC(=O)c1nn(CC(=O)N2C3[C@@H](C)[C@@]3(CN3CC4(CCCC4)C3)C[C@H]2C(=O)Nc2nc(Br)ccc2C)c2cnc(-c3cnc(C)nc3)cc12. The van der Waals surface area contributed by atoms with Crippen molar-refractivity contribution in [2.24, 2.45) is 16.7 Å². The van der Waals surface area contributed by atoms with Crippen molar-refractivity contribution in [2.75, 3.05) is 25.0 Å². The van der Waals surface area contributed by atoms with Crippen molar-refractivity contribution >= 4 is 50.2 Å². The molecule has 0 bridgehead atoms. The number of pyridine rings is 2. The first kappa shape index (κ1) is 32.1. The Hall–Kier alpha value is -4.10. The van der Waals surface area contributed by atoms with E-state index in [4.69, 9.17) is 0 Å². The first-order valence-corrected chi connectivity index (χ1v) is 17.9. The van der Waals surface area contributed by atoms with Crippen LogP contribution < -0.4 is 5.32 Å². The fourth-order valence-corrected chi connectivity index (χ4v) is 9.36. The van der Waals surface area contributed by atoms with Gasteiger partial charge in [0.1, 0.15) is 34.5 Å². The van der Waals surface area contributed by atoms with Gasteiger partial charge in [-0.25, -0.2) is 15.0 Å². The molecular formula is C36H40BrN9O3. The summed E-state index contributed by atoms with van der Waals surface area (Å²) in [6, 6.07) is 4.81. The number of piperidine rings is 1. The minimum absolute atomic E-state index is 0.0622. The van der Waals surface area contributed by atoms with Gasteiger partial charge >= 0.3 is 0 Å². The summed E-state index contributed by atoms with van der Waals surface area (Å²) < 4.78 is 2.18. The molecule has 1 unspecified atom stereocenters. The Labute approximate surface area is 293 Å². The molecule has 2 saturated heterocycles. The summed E-state index contributed by atoms with van der Waals surface area (Å²) in [5, 5.41) is 8.26. The van der Waals surface area contributed by atoms with Crippen LogP contribution >= 0.6 is 15.9 Å². The molecule has 1 spiro atoms. The topological polar surface area (TPSA) is 139 Å². The number of nitrogens with zero attached hydrogens (tertiary/aromatic N) is 8. The molecule has 49 heavy (non-hydrogen) atoms. The molecule has 0 aromatic carbocycles. The van der Waals surface area contributed by atoms with Gasteiger partial charge in [0.2, 0.25) is 11.8 Å². The van der Waals surface area contributed by atoms with Crippen LogP contribution in [0, 0.1) is 30.6 Å². The molecule has 2 saturated carbocycles. The van der Waals surface area contributed by atoms with E-state index in [2.05, 4.69) is 58.1 Å². The van der Waals surface area contributed by atoms with Crippen molar-refractivity contribution < 1.29 is 14.4 Å². The van der Waals surface area contributed by atoms with Crippen LogP contribution in [0.2, 0.25) is 0 Å². The summed E-state index contributed by atoms with van der Waals surface area (Å²) in [5.41, 5.74) is 3.31. The van der Waals surface area contributed by atoms with E-state index in [1.165, 1.54) is 32.6 Å². The Bertz CT molecular complexity index is 2000. The standard InChI is InChI=1S/C36H40BrN9O3/c1-20-7-8-29(37)41-33(20)42-34(49)27-12-36(19-44-17-35(18-44)9-5-6-10-35)21(2)32(36)46(27)30(48)16-45-28-15-40-26(24-13-38-23(4)39-14-24)11-25(28)31(43-45)22(3)47/h7-8,11,13-15,21,27,32H,5-6,9-10,12,16-19H2,1-4H3,(H,41,42,49)/t21-,27+,32?,36+/m1/s1. The lowest BCUT2D eigenvalue weighted by Crippen LogP contribution is -2.56. The van der Waals surface area contributed by atoms with Gasteiger partial charge in [-0.15, -0.1) is 0 Å². The Kier molecular flexibility index (Phi) is 7.71. The highest BCUT2D eigenvalue weighted by molar-refractivity contribution is 9.10. The molecule has 4 aromatic heterocycles. The quantitative estimate of drug-likeness (QED) is 0.197. The molecule has 13 heteroatoms. The zero-order valence-corrected chi connectivity index (χ0v) is 29.8. The first-order valence-electron chi connectivity index (χ1n) is 17.1. The summed E-state index contributed by atoms with van der Waals surface area (Å²) >= 11 is 3.42. The largest absolute Gasteiger partial charge is 0.325 e. The van der Waals surface area contributed by atoms with Crippen molar-refractivity contribution in [3.8, 4) is 11.3 Å². The number of Topliss-reactive ketones (excluding diaryl/α,β-unsaturated/α-hetero) is 1. The van der Waals surface area contributed by atoms with Gasteiger partial charge in [0, 0.05) is 61.4 Å². The summed E-state index contributed by atoms with van der Waals surface area (Å²) in [5.74, 6) is 0.724. The number of fused-ring (bicyclic) bond motifs is 2. The molecular weight excluding hydrogens is 686 g/mol. The first-order chi connectivity index (χ1) is 23.5. The smallest absolute Gasteiger partial charge is 0.248 e. The maximum atomic E-state index is 14.5. The van der Waals surface area contributed by atoms with Gasteiger partial charge in [0.25, 0.3) is 0 Å². The highest BCUT2D eigenvalue weighted by Crippen LogP contribution is 2.65. The van der Waals surface area contributed by atoms with Gasteiger partial charge in [0.15, 0.2) is 5.78 Å². The number of halogens is 1. The number of carbonyl (C=O) groups excluding carboxylic acids is 3. The van der Waals surface area contributed by atoms with Gasteiger partial charge in [-0.2, -0.15) is 5.10 Å². The number of likely N-dealkylation sites (tertiary alicyclic amines) is 2. The van der Waals surface area contributed by atoms with Crippen LogP contribution in [0.25, 0.3) is 22.2 Å². The van der Waals surface area contributed by atoms with E-state index < -0.39 is 6.04 Å². The summed E-state index contributed by atoms with van der Waals surface area (Å²) in [4.78, 5) is 63.3. The average molecular weight is 727 g/mol. The average Bonchev–Trinajstić information content (AvgIpc) is 3.53. The molecule has 12 nitrogen and oxygen atoms in total. The van der Waals surface area contributed by atoms with Crippen molar-refractivity contribution in [2.45, 2.75) is 78.4 Å². The number of aromatic nitrogens is 6. The summed E-state index contributed by atoms with van der Waals surface area (Å²) in [6.45, 7) is 10.4. The van der Waals surface area contributed by atoms with Crippen LogP contribution in [0.4, 0.5) is 5.82 Å². The molecule has 2 aliphatic heterocycles. The number of nitrogens with one attached hydrogen (secondary N) is 1. The number of hydrogen-bond acceptors (Lipinski definition) is 9. The number of amides is 2. The number of hydrogen-bond donors (Lipinski definition) is 1. The molecule has 1 N–H and O–H groups in total. The molecule has 6 heterocycles. The third-order valence-corrected chi connectivity index (χ3v) is 12.0. The molecule has 8 rings (SSSR count). The highest BCUT2D eigenvalue weighted by Gasteiger charge is 2.73. The second kappa shape index (κ2) is 11.8. The molecule has 254 valence electrons. The molecule has 2 aliphatic carbocycles. The lowest BCUT2D eigenvalue weighted by molar-refractivity contribution is -0.138. The zero-order chi connectivity index (χ0) is 34.2. The zero-order valence-electron chi connectivity index (χ0n) is 28.2. The van der Waals surface area contributed by atoms with Crippen LogP contribution in [-0.2, 0) is 16.1 Å². The van der Waals surface area contributed by atoms with Crippen molar-refractivity contribution in [3.63, 3.8) is 0 Å². The van der Waals surface area contributed by atoms with Crippen LogP contribution in [0.1, 0.15) is 67.8 Å². The highest BCUT2D eigenvalue weighted by atomic mass is 79.9. The number of carbonyl (C=O) groups is 3. The van der Waals surface area contributed by atoms with Crippen molar-refractivity contribution in [1.82, 2.24) is 39.5 Å². The van der Waals surface area contributed by atoms with Crippen molar-refractivity contribution in [3.05, 3.63) is 58.5 Å². The molecule has 4 aliphatic rings.